The molecule has 64 valence electrons. The molecule has 0 saturated heterocycles. The van der Waals surface area contributed by atoms with Crippen LogP contribution in [0.4, 0.5) is 4.79 Å². The molecule has 0 fully saturated rings. The minimum atomic E-state index is -1.20. The first-order valence-corrected chi connectivity index (χ1v) is 3.25. The molecule has 0 aromatic rings. The molecule has 0 aromatic heterocycles. The molecule has 0 aromatic carbocycles. The SMILES string of the molecule is NC(=O)OOC(=O)C(N)CS. The highest BCUT2D eigenvalue weighted by Crippen LogP contribution is 1.89. The molecule has 0 aliphatic carbocycles. The van der Waals surface area contributed by atoms with Crippen molar-refractivity contribution in [1.29, 1.82) is 0 Å². The molecule has 0 heterocycles. The molecule has 1 atom stereocenters. The second-order valence-electron chi connectivity index (χ2n) is 1.59. The molecule has 0 spiro atoms. The normalized spacial score (nSPS) is 11.8. The van der Waals surface area contributed by atoms with Gasteiger partial charge in [-0.25, -0.2) is 19.4 Å². The van der Waals surface area contributed by atoms with E-state index >= 15 is 0 Å². The molecule has 11 heavy (non-hydrogen) atoms. The molecule has 0 radical (unpaired) electrons. The summed E-state index contributed by atoms with van der Waals surface area (Å²) in [4.78, 5) is 28.0. The molecular weight excluding hydrogens is 172 g/mol. The van der Waals surface area contributed by atoms with Gasteiger partial charge < -0.3 is 11.5 Å². The van der Waals surface area contributed by atoms with Gasteiger partial charge in [-0.2, -0.15) is 12.6 Å². The van der Waals surface area contributed by atoms with Crippen LogP contribution in [0.2, 0.25) is 0 Å². The molecule has 7 heteroatoms. The highest BCUT2D eigenvalue weighted by molar-refractivity contribution is 7.80. The molecule has 0 rings (SSSR count). The van der Waals surface area contributed by atoms with Crippen LogP contribution in [-0.4, -0.2) is 23.9 Å². The van der Waals surface area contributed by atoms with Crippen LogP contribution < -0.4 is 11.5 Å². The van der Waals surface area contributed by atoms with Gasteiger partial charge in [0, 0.05) is 5.75 Å². The maximum Gasteiger partial charge on any atom is 0.447 e. The van der Waals surface area contributed by atoms with Gasteiger partial charge in [0.1, 0.15) is 6.04 Å². The van der Waals surface area contributed by atoms with E-state index in [4.69, 9.17) is 5.73 Å². The number of hydrogen-bond donors (Lipinski definition) is 3. The van der Waals surface area contributed by atoms with E-state index in [1.165, 1.54) is 0 Å². The third kappa shape index (κ3) is 4.45. The average molecular weight is 180 g/mol. The fourth-order valence-corrected chi connectivity index (χ4v) is 0.368. The van der Waals surface area contributed by atoms with E-state index in [9.17, 15) is 9.59 Å². The first-order valence-electron chi connectivity index (χ1n) is 2.62. The van der Waals surface area contributed by atoms with Crippen LogP contribution in [0.3, 0.4) is 0 Å². The van der Waals surface area contributed by atoms with Crippen molar-refractivity contribution in [1.82, 2.24) is 0 Å². The van der Waals surface area contributed by atoms with Crippen LogP contribution in [0.1, 0.15) is 0 Å². The maximum absolute atomic E-state index is 10.5. The van der Waals surface area contributed by atoms with E-state index in [0.717, 1.165) is 0 Å². The van der Waals surface area contributed by atoms with E-state index in [1.54, 1.807) is 0 Å². The first-order chi connectivity index (χ1) is 5.07. The lowest BCUT2D eigenvalue weighted by atomic mass is 10.4. The van der Waals surface area contributed by atoms with Crippen LogP contribution in [0.15, 0.2) is 0 Å². The Bertz CT molecular complexity index is 162. The monoisotopic (exact) mass is 180 g/mol. The summed E-state index contributed by atoms with van der Waals surface area (Å²) in [5.41, 5.74) is 9.60. The van der Waals surface area contributed by atoms with Gasteiger partial charge in [-0.3, -0.25) is 0 Å². The Hall–Kier alpha value is -0.950. The van der Waals surface area contributed by atoms with Crippen molar-refractivity contribution in [3.05, 3.63) is 0 Å². The Morgan fingerprint density at radius 1 is 1.45 bits per heavy atom. The van der Waals surface area contributed by atoms with Crippen molar-refractivity contribution in [2.45, 2.75) is 6.04 Å². The van der Waals surface area contributed by atoms with Gasteiger partial charge in [-0.15, -0.1) is 0 Å². The fraction of sp³-hybridized carbons (Fsp3) is 0.500. The Balaban J connectivity index is 3.60. The summed E-state index contributed by atoms with van der Waals surface area (Å²) >= 11 is 3.70. The molecule has 6 nitrogen and oxygen atoms in total. The summed E-state index contributed by atoms with van der Waals surface area (Å²) in [5.74, 6) is -0.792. The molecule has 0 aliphatic heterocycles. The number of hydrogen-bond acceptors (Lipinski definition) is 6. The van der Waals surface area contributed by atoms with Gasteiger partial charge in [0.25, 0.3) is 0 Å². The zero-order chi connectivity index (χ0) is 8.85. The molecule has 1 amide bonds. The zero-order valence-electron chi connectivity index (χ0n) is 5.52. The quantitative estimate of drug-likeness (QED) is 0.281. The van der Waals surface area contributed by atoms with Crippen LogP contribution >= 0.6 is 12.6 Å². The van der Waals surface area contributed by atoms with Crippen molar-refractivity contribution < 1.29 is 19.4 Å². The third-order valence-corrected chi connectivity index (χ3v) is 1.10. The van der Waals surface area contributed by atoms with E-state index in [-0.39, 0.29) is 5.75 Å². The predicted octanol–water partition coefficient (Wildman–Crippen LogP) is -1.20. The Morgan fingerprint density at radius 2 is 2.00 bits per heavy atom. The van der Waals surface area contributed by atoms with Gasteiger partial charge >= 0.3 is 12.1 Å². The molecular formula is C4H8N2O4S. The largest absolute Gasteiger partial charge is 0.447 e. The topological polar surface area (TPSA) is 105 Å². The molecule has 0 aliphatic rings. The number of carbonyl (C=O) groups excluding carboxylic acids is 2. The third-order valence-electron chi connectivity index (χ3n) is 0.705. The highest BCUT2D eigenvalue weighted by atomic mass is 32.1. The summed E-state index contributed by atoms with van der Waals surface area (Å²) < 4.78 is 0. The van der Waals surface area contributed by atoms with Gasteiger partial charge in [0.2, 0.25) is 0 Å². The number of carbonyl (C=O) groups is 2. The number of primary amides is 1. The number of rotatable bonds is 2. The van der Waals surface area contributed by atoms with Crippen molar-refractivity contribution in [2.75, 3.05) is 5.75 Å². The lowest BCUT2D eigenvalue weighted by Gasteiger charge is -2.04. The lowest BCUT2D eigenvalue weighted by Crippen LogP contribution is -2.34. The van der Waals surface area contributed by atoms with Crippen LogP contribution in [0, 0.1) is 0 Å². The van der Waals surface area contributed by atoms with Crippen molar-refractivity contribution in [3.8, 4) is 0 Å². The summed E-state index contributed by atoms with van der Waals surface area (Å²) in [6.45, 7) is 0. The number of amides is 1. The predicted molar refractivity (Wildman–Crippen MR) is 38.6 cm³/mol. The van der Waals surface area contributed by atoms with E-state index in [2.05, 4.69) is 28.1 Å². The number of nitrogens with two attached hydrogens (primary N) is 2. The second kappa shape index (κ2) is 4.80. The van der Waals surface area contributed by atoms with Crippen LogP contribution in [-0.2, 0) is 14.6 Å². The van der Waals surface area contributed by atoms with Gasteiger partial charge in [0.05, 0.1) is 0 Å². The van der Waals surface area contributed by atoms with Crippen LogP contribution in [0.5, 0.6) is 0 Å². The van der Waals surface area contributed by atoms with E-state index in [1.807, 2.05) is 0 Å². The summed E-state index contributed by atoms with van der Waals surface area (Å²) in [5, 5.41) is 0. The standard InChI is InChI=1S/C4H8N2O4S/c5-2(1-11)3(7)9-10-4(6)8/h2,11H,1,5H2,(H2,6,8). The van der Waals surface area contributed by atoms with Crippen molar-refractivity contribution in [3.63, 3.8) is 0 Å². The van der Waals surface area contributed by atoms with Crippen molar-refractivity contribution in [2.24, 2.45) is 11.5 Å². The fourth-order valence-electron chi connectivity index (χ4n) is 0.218. The maximum atomic E-state index is 10.5. The van der Waals surface area contributed by atoms with Crippen molar-refractivity contribution >= 4 is 24.7 Å². The van der Waals surface area contributed by atoms with Gasteiger partial charge in [-0.1, -0.05) is 0 Å². The summed E-state index contributed by atoms with van der Waals surface area (Å²) in [6.07, 6.45) is -1.20. The molecule has 1 unspecified atom stereocenters. The first kappa shape index (κ1) is 10.0. The minimum absolute atomic E-state index is 0.0982. The minimum Gasteiger partial charge on any atom is -0.332 e. The Morgan fingerprint density at radius 3 is 2.36 bits per heavy atom. The zero-order valence-corrected chi connectivity index (χ0v) is 6.41. The van der Waals surface area contributed by atoms with Gasteiger partial charge in [0.15, 0.2) is 0 Å². The lowest BCUT2D eigenvalue weighted by molar-refractivity contribution is -0.231. The summed E-state index contributed by atoms with van der Waals surface area (Å²) in [6, 6.07) is -0.919. The number of thiol groups is 1. The average Bonchev–Trinajstić information content (AvgIpc) is 1.98. The molecule has 0 saturated carbocycles. The Kier molecular flexibility index (Phi) is 4.39. The van der Waals surface area contributed by atoms with Crippen LogP contribution in [0.25, 0.3) is 0 Å². The summed E-state index contributed by atoms with van der Waals surface area (Å²) in [7, 11) is 0. The van der Waals surface area contributed by atoms with E-state index in [0.29, 0.717) is 0 Å². The Labute approximate surface area is 68.1 Å². The highest BCUT2D eigenvalue weighted by Gasteiger charge is 2.15. The second-order valence-corrected chi connectivity index (χ2v) is 1.96. The molecule has 0 bridgehead atoms. The smallest absolute Gasteiger partial charge is 0.332 e. The molecule has 4 N–H and O–H groups in total. The van der Waals surface area contributed by atoms with Gasteiger partial charge in [-0.05, 0) is 0 Å². The van der Waals surface area contributed by atoms with E-state index < -0.39 is 18.1 Å².